The van der Waals surface area contributed by atoms with Gasteiger partial charge >= 0.3 is 5.97 Å². The summed E-state index contributed by atoms with van der Waals surface area (Å²) in [7, 11) is 3.39. The van der Waals surface area contributed by atoms with Gasteiger partial charge in [0.25, 0.3) is 0 Å². The van der Waals surface area contributed by atoms with Gasteiger partial charge in [-0.15, -0.1) is 0 Å². The second-order valence-corrected chi connectivity index (χ2v) is 10.3. The SMILES string of the molecule is COC(=O)[C@]12CC[C@H](OC)C[C@@H]1CC[C@@H]1[C@@H]2CC[C@@]2(C)[C@H]1CCC21OCCO1. The van der Waals surface area contributed by atoms with Crippen molar-refractivity contribution in [3.63, 3.8) is 0 Å². The topological polar surface area (TPSA) is 54.0 Å². The Hall–Kier alpha value is -0.650. The van der Waals surface area contributed by atoms with E-state index in [-0.39, 0.29) is 22.6 Å². The minimum absolute atomic E-state index is 0.0476. The molecule has 7 atom stereocenters. The van der Waals surface area contributed by atoms with Crippen LogP contribution < -0.4 is 0 Å². The third-order valence-corrected chi connectivity index (χ3v) is 9.80. The van der Waals surface area contributed by atoms with Crippen molar-refractivity contribution in [1.29, 1.82) is 0 Å². The fourth-order valence-electron chi connectivity index (χ4n) is 8.55. The van der Waals surface area contributed by atoms with Crippen molar-refractivity contribution in [2.45, 2.75) is 76.6 Å². The Bertz CT molecular complexity index is 628. The lowest BCUT2D eigenvalue weighted by Gasteiger charge is -2.60. The minimum Gasteiger partial charge on any atom is -0.469 e. The highest BCUT2D eigenvalue weighted by Gasteiger charge is 2.69. The number of ether oxygens (including phenoxy) is 4. The summed E-state index contributed by atoms with van der Waals surface area (Å²) in [5.41, 5.74) is -0.223. The Morgan fingerprint density at radius 3 is 2.39 bits per heavy atom. The lowest BCUT2D eigenvalue weighted by Crippen LogP contribution is -2.60. The molecule has 1 aliphatic heterocycles. The molecule has 28 heavy (non-hydrogen) atoms. The highest BCUT2D eigenvalue weighted by atomic mass is 16.7. The van der Waals surface area contributed by atoms with Crippen LogP contribution in [-0.2, 0) is 23.7 Å². The van der Waals surface area contributed by atoms with Crippen LogP contribution in [0.25, 0.3) is 0 Å². The Balaban J connectivity index is 1.49. The zero-order valence-corrected chi connectivity index (χ0v) is 17.7. The summed E-state index contributed by atoms with van der Waals surface area (Å²) in [5, 5.41) is 0. The smallest absolute Gasteiger partial charge is 0.312 e. The minimum atomic E-state index is -0.369. The Labute approximate surface area is 168 Å². The summed E-state index contributed by atoms with van der Waals surface area (Å²) in [6.07, 6.45) is 9.91. The van der Waals surface area contributed by atoms with Crippen molar-refractivity contribution >= 4 is 5.97 Å². The van der Waals surface area contributed by atoms with Crippen molar-refractivity contribution in [3.8, 4) is 0 Å². The summed E-state index contributed by atoms with van der Waals surface area (Å²) in [4.78, 5) is 13.3. The summed E-state index contributed by atoms with van der Waals surface area (Å²) in [5.74, 6) is 1.69. The van der Waals surface area contributed by atoms with E-state index in [0.717, 1.165) is 58.2 Å². The van der Waals surface area contributed by atoms with Gasteiger partial charge in [-0.25, -0.2) is 0 Å². The fraction of sp³-hybridized carbons (Fsp3) is 0.957. The molecule has 158 valence electrons. The lowest BCUT2D eigenvalue weighted by atomic mass is 9.44. The van der Waals surface area contributed by atoms with E-state index in [1.54, 1.807) is 7.11 Å². The van der Waals surface area contributed by atoms with Crippen LogP contribution >= 0.6 is 0 Å². The van der Waals surface area contributed by atoms with Gasteiger partial charge < -0.3 is 18.9 Å². The predicted octanol–water partition coefficient (Wildman–Crippen LogP) is 3.94. The van der Waals surface area contributed by atoms with Crippen LogP contribution in [0.1, 0.15) is 64.7 Å². The first-order chi connectivity index (χ1) is 13.5. The molecule has 5 fully saturated rings. The van der Waals surface area contributed by atoms with Crippen molar-refractivity contribution < 1.29 is 23.7 Å². The molecule has 1 heterocycles. The monoisotopic (exact) mass is 392 g/mol. The molecule has 0 aromatic carbocycles. The molecular weight excluding hydrogens is 356 g/mol. The van der Waals surface area contributed by atoms with Crippen LogP contribution in [0.3, 0.4) is 0 Å². The summed E-state index contributed by atoms with van der Waals surface area (Å²) in [6, 6.07) is 0. The van der Waals surface area contributed by atoms with Crippen LogP contribution in [0.5, 0.6) is 0 Å². The van der Waals surface area contributed by atoms with Crippen molar-refractivity contribution in [3.05, 3.63) is 0 Å². The standard InChI is InChI=1S/C23H36O5/c1-21-9-7-19-17(18(21)8-11-23(21)27-12-13-28-23)5-4-15-14-16(25-2)6-10-22(15,19)20(24)26-3/h15-19H,4-14H2,1-3H3/t15-,16-,17-,18-,19-,21-,22+/m0/s1. The molecule has 1 spiro atoms. The quantitative estimate of drug-likeness (QED) is 0.666. The van der Waals surface area contributed by atoms with Gasteiger partial charge in [0.15, 0.2) is 5.79 Å². The third-order valence-electron chi connectivity index (χ3n) is 9.80. The Morgan fingerprint density at radius 1 is 0.929 bits per heavy atom. The van der Waals surface area contributed by atoms with Crippen molar-refractivity contribution in [1.82, 2.24) is 0 Å². The number of hydrogen-bond acceptors (Lipinski definition) is 5. The number of methoxy groups -OCH3 is 2. The van der Waals surface area contributed by atoms with Crippen LogP contribution in [-0.4, -0.2) is 45.3 Å². The molecule has 5 heteroatoms. The summed E-state index contributed by atoms with van der Waals surface area (Å²) in [6.45, 7) is 3.86. The largest absolute Gasteiger partial charge is 0.469 e. The first kappa shape index (κ1) is 19.3. The second-order valence-electron chi connectivity index (χ2n) is 10.3. The van der Waals surface area contributed by atoms with Crippen LogP contribution in [0.4, 0.5) is 0 Å². The van der Waals surface area contributed by atoms with Crippen LogP contribution in [0, 0.1) is 34.5 Å². The first-order valence-corrected chi connectivity index (χ1v) is 11.4. The van der Waals surface area contributed by atoms with E-state index in [4.69, 9.17) is 18.9 Å². The lowest BCUT2D eigenvalue weighted by molar-refractivity contribution is -0.249. The van der Waals surface area contributed by atoms with Gasteiger partial charge in [0, 0.05) is 18.9 Å². The molecule has 4 saturated carbocycles. The number of hydrogen-bond donors (Lipinski definition) is 0. The molecule has 4 aliphatic carbocycles. The predicted molar refractivity (Wildman–Crippen MR) is 104 cm³/mol. The van der Waals surface area contributed by atoms with E-state index >= 15 is 0 Å². The zero-order chi connectivity index (χ0) is 19.6. The second kappa shape index (κ2) is 6.68. The average molecular weight is 393 g/mol. The zero-order valence-electron chi connectivity index (χ0n) is 17.7. The molecule has 1 saturated heterocycles. The number of carbonyl (C=O) groups excluding carboxylic acids is 1. The fourth-order valence-corrected chi connectivity index (χ4v) is 8.55. The highest BCUT2D eigenvalue weighted by Crippen LogP contribution is 2.69. The Morgan fingerprint density at radius 2 is 1.68 bits per heavy atom. The molecule has 0 amide bonds. The maximum absolute atomic E-state index is 13.3. The molecule has 0 aromatic heterocycles. The molecule has 0 bridgehead atoms. The molecule has 5 aliphatic rings. The molecule has 0 radical (unpaired) electrons. The number of carbonyl (C=O) groups is 1. The average Bonchev–Trinajstić information content (AvgIpc) is 3.32. The van der Waals surface area contributed by atoms with Crippen molar-refractivity contribution in [2.24, 2.45) is 34.5 Å². The molecule has 5 nitrogen and oxygen atoms in total. The normalized spacial score (nSPS) is 49.3. The number of rotatable bonds is 2. The van der Waals surface area contributed by atoms with Gasteiger partial charge in [-0.2, -0.15) is 0 Å². The van der Waals surface area contributed by atoms with Gasteiger partial charge in [-0.05, 0) is 75.0 Å². The van der Waals surface area contributed by atoms with Gasteiger partial charge in [0.1, 0.15) is 0 Å². The summed E-state index contributed by atoms with van der Waals surface area (Å²) >= 11 is 0. The number of fused-ring (bicyclic) bond motifs is 6. The number of esters is 1. The Kier molecular flexibility index (Phi) is 4.61. The van der Waals surface area contributed by atoms with E-state index in [2.05, 4.69) is 6.92 Å². The molecule has 5 rings (SSSR count). The van der Waals surface area contributed by atoms with E-state index in [1.807, 2.05) is 7.11 Å². The van der Waals surface area contributed by atoms with Gasteiger partial charge in [-0.1, -0.05) is 6.92 Å². The molecule has 0 aromatic rings. The maximum atomic E-state index is 13.3. The first-order valence-electron chi connectivity index (χ1n) is 11.4. The van der Waals surface area contributed by atoms with E-state index in [9.17, 15) is 4.79 Å². The van der Waals surface area contributed by atoms with Gasteiger partial charge in [0.2, 0.25) is 0 Å². The van der Waals surface area contributed by atoms with Gasteiger partial charge in [0.05, 0.1) is 31.8 Å². The van der Waals surface area contributed by atoms with E-state index in [0.29, 0.717) is 29.8 Å². The molecular formula is C23H36O5. The molecule has 0 unspecified atom stereocenters. The molecule has 0 N–H and O–H groups in total. The highest BCUT2D eigenvalue weighted by molar-refractivity contribution is 5.78. The van der Waals surface area contributed by atoms with Crippen LogP contribution in [0.2, 0.25) is 0 Å². The van der Waals surface area contributed by atoms with E-state index in [1.165, 1.54) is 12.8 Å². The maximum Gasteiger partial charge on any atom is 0.312 e. The van der Waals surface area contributed by atoms with Crippen molar-refractivity contribution in [2.75, 3.05) is 27.4 Å². The van der Waals surface area contributed by atoms with Crippen LogP contribution in [0.15, 0.2) is 0 Å². The third kappa shape index (κ3) is 2.33. The summed E-state index contributed by atoms with van der Waals surface area (Å²) < 4.78 is 23.7. The van der Waals surface area contributed by atoms with E-state index < -0.39 is 0 Å². The van der Waals surface area contributed by atoms with Gasteiger partial charge in [-0.3, -0.25) is 4.79 Å².